The normalized spacial score (nSPS) is 11.9. The van der Waals surface area contributed by atoms with E-state index < -0.39 is 0 Å². The summed E-state index contributed by atoms with van der Waals surface area (Å²) in [5, 5.41) is 14.1. The van der Waals surface area contributed by atoms with E-state index in [0.717, 1.165) is 5.69 Å². The van der Waals surface area contributed by atoms with Gasteiger partial charge in [-0.1, -0.05) is 24.3 Å². The molecule has 20 heavy (non-hydrogen) atoms. The molecule has 0 radical (unpaired) electrons. The van der Waals surface area contributed by atoms with Crippen molar-refractivity contribution in [2.75, 3.05) is 5.32 Å². The molecule has 1 unspecified atom stereocenters. The minimum atomic E-state index is -0.383. The predicted octanol–water partition coefficient (Wildman–Crippen LogP) is 4.38. The fourth-order valence-corrected chi connectivity index (χ4v) is 2.08. The summed E-state index contributed by atoms with van der Waals surface area (Å²) in [5.41, 5.74) is 4.53. The molecule has 4 heteroatoms. The molecule has 1 N–H and O–H groups in total. The first-order valence-electron chi connectivity index (χ1n) is 6.55. The summed E-state index contributed by atoms with van der Waals surface area (Å²) in [6.07, 6.45) is 0. The summed E-state index contributed by atoms with van der Waals surface area (Å²) >= 11 is 0. The molecular weight excluding hydrogens is 252 g/mol. The Morgan fingerprint density at radius 3 is 2.50 bits per heavy atom. The molecule has 104 valence electrons. The van der Waals surface area contributed by atoms with Crippen LogP contribution in [0.2, 0.25) is 0 Å². The highest BCUT2D eigenvalue weighted by atomic mass is 16.6. The van der Waals surface area contributed by atoms with Gasteiger partial charge < -0.3 is 5.32 Å². The monoisotopic (exact) mass is 270 g/mol. The SMILES string of the molecule is Cc1ccc(C(C)Nc2cccc([N+](=O)[O-])c2)cc1C. The van der Waals surface area contributed by atoms with Gasteiger partial charge in [0.2, 0.25) is 0 Å². The molecule has 0 aliphatic rings. The summed E-state index contributed by atoms with van der Waals surface area (Å²) in [6, 6.07) is 13.0. The Kier molecular flexibility index (Phi) is 4.03. The topological polar surface area (TPSA) is 55.2 Å². The van der Waals surface area contributed by atoms with Crippen LogP contribution in [0.5, 0.6) is 0 Å². The van der Waals surface area contributed by atoms with Crippen molar-refractivity contribution in [2.24, 2.45) is 0 Å². The summed E-state index contributed by atoms with van der Waals surface area (Å²) in [5.74, 6) is 0. The molecule has 1 atom stereocenters. The van der Waals surface area contributed by atoms with Crippen LogP contribution < -0.4 is 5.32 Å². The zero-order valence-corrected chi connectivity index (χ0v) is 11.9. The molecule has 0 spiro atoms. The molecule has 0 amide bonds. The molecule has 0 fully saturated rings. The van der Waals surface area contributed by atoms with Gasteiger partial charge in [-0.2, -0.15) is 0 Å². The van der Waals surface area contributed by atoms with E-state index in [9.17, 15) is 10.1 Å². The van der Waals surface area contributed by atoms with E-state index in [1.807, 2.05) is 13.0 Å². The quantitative estimate of drug-likeness (QED) is 0.662. The third kappa shape index (κ3) is 3.15. The molecule has 0 saturated heterocycles. The van der Waals surface area contributed by atoms with Gasteiger partial charge in [-0.3, -0.25) is 10.1 Å². The Labute approximate surface area is 118 Å². The molecule has 2 aromatic carbocycles. The number of nitrogens with one attached hydrogen (secondary N) is 1. The number of hydrogen-bond donors (Lipinski definition) is 1. The van der Waals surface area contributed by atoms with E-state index in [0.29, 0.717) is 0 Å². The predicted molar refractivity (Wildman–Crippen MR) is 81.1 cm³/mol. The molecule has 2 rings (SSSR count). The molecule has 0 heterocycles. The standard InChI is InChI=1S/C16H18N2O2/c1-11-7-8-14(9-12(11)2)13(3)17-15-5-4-6-16(10-15)18(19)20/h4-10,13,17H,1-3H3. The fraction of sp³-hybridized carbons (Fsp3) is 0.250. The Morgan fingerprint density at radius 1 is 1.10 bits per heavy atom. The Balaban J connectivity index is 2.18. The van der Waals surface area contributed by atoms with Gasteiger partial charge >= 0.3 is 0 Å². The Hall–Kier alpha value is -2.36. The van der Waals surface area contributed by atoms with Crippen LogP contribution in [0.3, 0.4) is 0 Å². The molecule has 0 aliphatic carbocycles. The van der Waals surface area contributed by atoms with Crippen LogP contribution in [-0.4, -0.2) is 4.92 Å². The van der Waals surface area contributed by atoms with E-state index >= 15 is 0 Å². The van der Waals surface area contributed by atoms with Crippen molar-refractivity contribution < 1.29 is 4.92 Å². The first-order chi connectivity index (χ1) is 9.47. The Bertz CT molecular complexity index is 638. The van der Waals surface area contributed by atoms with Crippen molar-refractivity contribution >= 4 is 11.4 Å². The zero-order valence-electron chi connectivity index (χ0n) is 11.9. The maximum atomic E-state index is 10.8. The van der Waals surface area contributed by atoms with Crippen LogP contribution >= 0.6 is 0 Å². The van der Waals surface area contributed by atoms with Gasteiger partial charge in [0.05, 0.1) is 4.92 Å². The minimum absolute atomic E-state index is 0.0938. The fourth-order valence-electron chi connectivity index (χ4n) is 2.08. The first-order valence-corrected chi connectivity index (χ1v) is 6.55. The second-order valence-electron chi connectivity index (χ2n) is 5.02. The number of non-ortho nitro benzene ring substituents is 1. The number of nitro benzene ring substituents is 1. The molecule has 0 bridgehead atoms. The number of benzene rings is 2. The van der Waals surface area contributed by atoms with Gasteiger partial charge in [-0.25, -0.2) is 0 Å². The van der Waals surface area contributed by atoms with Crippen LogP contribution in [0, 0.1) is 24.0 Å². The molecule has 0 saturated carbocycles. The van der Waals surface area contributed by atoms with Crippen molar-refractivity contribution in [1.29, 1.82) is 0 Å². The van der Waals surface area contributed by atoms with Crippen LogP contribution in [0.1, 0.15) is 29.7 Å². The number of nitro groups is 1. The van der Waals surface area contributed by atoms with Crippen molar-refractivity contribution in [1.82, 2.24) is 0 Å². The lowest BCUT2D eigenvalue weighted by Gasteiger charge is -2.16. The summed E-state index contributed by atoms with van der Waals surface area (Å²) in [7, 11) is 0. The molecule has 0 aromatic heterocycles. The van der Waals surface area contributed by atoms with Gasteiger partial charge in [0.15, 0.2) is 0 Å². The highest BCUT2D eigenvalue weighted by Gasteiger charge is 2.09. The summed E-state index contributed by atoms with van der Waals surface area (Å²) in [6.45, 7) is 6.21. The van der Waals surface area contributed by atoms with Gasteiger partial charge in [0.1, 0.15) is 0 Å². The number of anilines is 1. The van der Waals surface area contributed by atoms with Crippen LogP contribution in [0.25, 0.3) is 0 Å². The summed E-state index contributed by atoms with van der Waals surface area (Å²) < 4.78 is 0. The lowest BCUT2D eigenvalue weighted by molar-refractivity contribution is -0.384. The van der Waals surface area contributed by atoms with Crippen molar-refractivity contribution in [2.45, 2.75) is 26.8 Å². The van der Waals surface area contributed by atoms with Gasteiger partial charge in [-0.05, 0) is 43.5 Å². The highest BCUT2D eigenvalue weighted by molar-refractivity contribution is 5.52. The second-order valence-corrected chi connectivity index (χ2v) is 5.02. The van der Waals surface area contributed by atoms with E-state index in [4.69, 9.17) is 0 Å². The molecule has 0 aliphatic heterocycles. The van der Waals surface area contributed by atoms with Gasteiger partial charge in [0, 0.05) is 23.9 Å². The van der Waals surface area contributed by atoms with Crippen molar-refractivity contribution in [3.8, 4) is 0 Å². The maximum Gasteiger partial charge on any atom is 0.271 e. The van der Waals surface area contributed by atoms with Crippen molar-refractivity contribution in [3.63, 3.8) is 0 Å². The van der Waals surface area contributed by atoms with Gasteiger partial charge in [-0.15, -0.1) is 0 Å². The largest absolute Gasteiger partial charge is 0.378 e. The highest BCUT2D eigenvalue weighted by Crippen LogP contribution is 2.23. The molecule has 2 aromatic rings. The van der Waals surface area contributed by atoms with Crippen LogP contribution in [0.4, 0.5) is 11.4 Å². The van der Waals surface area contributed by atoms with Crippen LogP contribution in [0.15, 0.2) is 42.5 Å². The smallest absolute Gasteiger partial charge is 0.271 e. The van der Waals surface area contributed by atoms with Gasteiger partial charge in [0.25, 0.3) is 5.69 Å². The second kappa shape index (κ2) is 5.74. The zero-order chi connectivity index (χ0) is 14.7. The molecular formula is C16H18N2O2. The van der Waals surface area contributed by atoms with E-state index in [1.165, 1.54) is 22.8 Å². The maximum absolute atomic E-state index is 10.8. The average Bonchev–Trinajstić information content (AvgIpc) is 2.42. The third-order valence-corrected chi connectivity index (χ3v) is 3.47. The minimum Gasteiger partial charge on any atom is -0.378 e. The third-order valence-electron chi connectivity index (χ3n) is 3.47. The average molecular weight is 270 g/mol. The lowest BCUT2D eigenvalue weighted by atomic mass is 10.0. The Morgan fingerprint density at radius 2 is 1.85 bits per heavy atom. The first kappa shape index (κ1) is 14.1. The molecule has 4 nitrogen and oxygen atoms in total. The summed E-state index contributed by atoms with van der Waals surface area (Å²) in [4.78, 5) is 10.4. The van der Waals surface area contributed by atoms with E-state index in [2.05, 4.69) is 37.4 Å². The number of hydrogen-bond acceptors (Lipinski definition) is 3. The van der Waals surface area contributed by atoms with E-state index in [1.54, 1.807) is 12.1 Å². The number of rotatable bonds is 4. The lowest BCUT2D eigenvalue weighted by Crippen LogP contribution is -2.07. The van der Waals surface area contributed by atoms with Crippen LogP contribution in [-0.2, 0) is 0 Å². The van der Waals surface area contributed by atoms with E-state index in [-0.39, 0.29) is 16.7 Å². The van der Waals surface area contributed by atoms with Crippen molar-refractivity contribution in [3.05, 3.63) is 69.3 Å². The number of nitrogens with zero attached hydrogens (tertiary/aromatic N) is 1. The number of aryl methyl sites for hydroxylation is 2.